The topological polar surface area (TPSA) is 97.5 Å². The number of carbonyl (C=O) groups excluding carboxylic acids is 1. The molecular weight excluding hydrogens is 420 g/mol. The summed E-state index contributed by atoms with van der Waals surface area (Å²) in [6.07, 6.45) is 6.23. The van der Waals surface area contributed by atoms with Gasteiger partial charge in [-0.3, -0.25) is 4.79 Å². The normalized spacial score (nSPS) is 16.2. The van der Waals surface area contributed by atoms with Crippen LogP contribution >= 0.6 is 0 Å². The number of ether oxygens (including phenoxy) is 1. The van der Waals surface area contributed by atoms with Crippen LogP contribution in [0.15, 0.2) is 53.6 Å². The van der Waals surface area contributed by atoms with Crippen LogP contribution in [0.3, 0.4) is 0 Å². The van der Waals surface area contributed by atoms with Gasteiger partial charge in [0.25, 0.3) is 5.91 Å². The van der Waals surface area contributed by atoms with Crippen molar-refractivity contribution in [2.45, 2.75) is 13.0 Å². The Hall–Kier alpha value is -3.85. The molecule has 1 aliphatic rings. The van der Waals surface area contributed by atoms with Crippen molar-refractivity contribution >= 4 is 22.8 Å². The largest absolute Gasteiger partial charge is 0.451 e. The van der Waals surface area contributed by atoms with E-state index in [-0.39, 0.29) is 5.91 Å². The monoisotopic (exact) mass is 444 g/mol. The van der Waals surface area contributed by atoms with Gasteiger partial charge < -0.3 is 19.0 Å². The summed E-state index contributed by atoms with van der Waals surface area (Å²) in [5, 5.41) is 0.918. The summed E-state index contributed by atoms with van der Waals surface area (Å²) < 4.78 is 11.9. The van der Waals surface area contributed by atoms with Crippen LogP contribution in [0.4, 0.5) is 5.95 Å². The van der Waals surface area contributed by atoms with E-state index in [1.807, 2.05) is 44.1 Å². The average molecular weight is 444 g/mol. The highest BCUT2D eigenvalue weighted by Crippen LogP contribution is 2.32. The Bertz CT molecular complexity index is 1300. The first-order valence-corrected chi connectivity index (χ1v) is 10.7. The SMILES string of the molecule is Cc1ccc2oc(C(=O)N3CCOC(c4nc(N(C)C)ncc4-c4cncnc4)C3)cc2c1. The maximum atomic E-state index is 13.3. The molecule has 168 valence electrons. The number of fused-ring (bicyclic) bond motifs is 1. The number of aromatic nitrogens is 4. The van der Waals surface area contributed by atoms with Crippen molar-refractivity contribution in [3.05, 3.63) is 66.2 Å². The van der Waals surface area contributed by atoms with Gasteiger partial charge in [0.1, 0.15) is 18.0 Å². The van der Waals surface area contributed by atoms with E-state index in [1.54, 1.807) is 29.6 Å². The number of aryl methyl sites for hydroxylation is 1. The number of hydrogen-bond acceptors (Lipinski definition) is 8. The molecule has 1 unspecified atom stereocenters. The predicted molar refractivity (Wildman–Crippen MR) is 123 cm³/mol. The molecular formula is C24H24N6O3. The van der Waals surface area contributed by atoms with Gasteiger partial charge in [-0.15, -0.1) is 0 Å². The Morgan fingerprint density at radius 1 is 1.15 bits per heavy atom. The minimum Gasteiger partial charge on any atom is -0.451 e. The van der Waals surface area contributed by atoms with Crippen LogP contribution in [0, 0.1) is 6.92 Å². The summed E-state index contributed by atoms with van der Waals surface area (Å²) in [4.78, 5) is 34.3. The second-order valence-electron chi connectivity index (χ2n) is 8.25. The molecule has 3 aromatic heterocycles. The summed E-state index contributed by atoms with van der Waals surface area (Å²) in [5.41, 5.74) is 4.08. The third-order valence-electron chi connectivity index (χ3n) is 5.62. The van der Waals surface area contributed by atoms with Crippen molar-refractivity contribution in [2.75, 3.05) is 38.7 Å². The smallest absolute Gasteiger partial charge is 0.289 e. The van der Waals surface area contributed by atoms with Gasteiger partial charge in [-0.05, 0) is 25.1 Å². The van der Waals surface area contributed by atoms with Crippen molar-refractivity contribution in [3.63, 3.8) is 0 Å². The zero-order chi connectivity index (χ0) is 22.9. The van der Waals surface area contributed by atoms with Gasteiger partial charge in [0.2, 0.25) is 5.95 Å². The van der Waals surface area contributed by atoms with Gasteiger partial charge in [-0.1, -0.05) is 11.6 Å². The second-order valence-corrected chi connectivity index (χ2v) is 8.25. The molecule has 4 aromatic rings. The number of benzene rings is 1. The molecule has 0 radical (unpaired) electrons. The Kier molecular flexibility index (Phi) is 5.47. The van der Waals surface area contributed by atoms with Crippen LogP contribution in [0.2, 0.25) is 0 Å². The number of nitrogens with zero attached hydrogens (tertiary/aromatic N) is 6. The van der Waals surface area contributed by atoms with Crippen molar-refractivity contribution in [2.24, 2.45) is 0 Å². The molecule has 33 heavy (non-hydrogen) atoms. The van der Waals surface area contributed by atoms with Crippen LogP contribution in [-0.2, 0) is 4.74 Å². The number of carbonyl (C=O) groups is 1. The number of rotatable bonds is 4. The summed E-state index contributed by atoms with van der Waals surface area (Å²) in [6.45, 7) is 3.22. The molecule has 0 aliphatic carbocycles. The van der Waals surface area contributed by atoms with E-state index < -0.39 is 6.10 Å². The highest BCUT2D eigenvalue weighted by Gasteiger charge is 2.31. The average Bonchev–Trinajstić information content (AvgIpc) is 3.27. The molecule has 9 heteroatoms. The lowest BCUT2D eigenvalue weighted by molar-refractivity contribution is -0.0253. The van der Waals surface area contributed by atoms with Crippen molar-refractivity contribution in [3.8, 4) is 11.1 Å². The van der Waals surface area contributed by atoms with Gasteiger partial charge in [0.05, 0.1) is 18.8 Å². The highest BCUT2D eigenvalue weighted by atomic mass is 16.5. The summed E-state index contributed by atoms with van der Waals surface area (Å²) in [5.74, 6) is 0.721. The maximum absolute atomic E-state index is 13.3. The van der Waals surface area contributed by atoms with E-state index in [4.69, 9.17) is 14.1 Å². The van der Waals surface area contributed by atoms with Crippen LogP contribution in [-0.4, -0.2) is 64.5 Å². The van der Waals surface area contributed by atoms with E-state index in [1.165, 1.54) is 6.33 Å². The lowest BCUT2D eigenvalue weighted by Crippen LogP contribution is -2.42. The van der Waals surface area contributed by atoms with E-state index in [9.17, 15) is 4.79 Å². The first kappa shape index (κ1) is 21.0. The number of furan rings is 1. The van der Waals surface area contributed by atoms with Gasteiger partial charge in [-0.25, -0.2) is 19.9 Å². The number of hydrogen-bond donors (Lipinski definition) is 0. The Balaban J connectivity index is 1.46. The molecule has 1 saturated heterocycles. The zero-order valence-corrected chi connectivity index (χ0v) is 18.7. The lowest BCUT2D eigenvalue weighted by atomic mass is 10.0. The molecule has 0 bridgehead atoms. The first-order valence-electron chi connectivity index (χ1n) is 10.7. The molecule has 1 aliphatic heterocycles. The Morgan fingerprint density at radius 2 is 1.97 bits per heavy atom. The number of morpholine rings is 1. The standard InChI is InChI=1S/C24H24N6O3/c1-15-4-5-19-16(8-15)9-20(33-19)23(31)30-6-7-32-21(13-30)22-18(17-10-25-14-26-11-17)12-27-24(28-22)29(2)3/h4-5,8-12,14,21H,6-7,13H2,1-3H3. The van der Waals surface area contributed by atoms with E-state index >= 15 is 0 Å². The fourth-order valence-electron chi connectivity index (χ4n) is 3.93. The summed E-state index contributed by atoms with van der Waals surface area (Å²) >= 11 is 0. The van der Waals surface area contributed by atoms with Gasteiger partial charge >= 0.3 is 0 Å². The first-order chi connectivity index (χ1) is 16.0. The fourth-order valence-corrected chi connectivity index (χ4v) is 3.93. The Morgan fingerprint density at radius 3 is 2.76 bits per heavy atom. The zero-order valence-electron chi connectivity index (χ0n) is 18.7. The van der Waals surface area contributed by atoms with Crippen molar-refractivity contribution in [1.29, 1.82) is 0 Å². The molecule has 1 aromatic carbocycles. The van der Waals surface area contributed by atoms with Crippen LogP contribution in [0.1, 0.15) is 27.9 Å². The molecule has 1 amide bonds. The van der Waals surface area contributed by atoms with Crippen molar-refractivity contribution in [1.82, 2.24) is 24.8 Å². The van der Waals surface area contributed by atoms with Gasteiger partial charge in [-0.2, -0.15) is 0 Å². The molecule has 0 saturated carbocycles. The summed E-state index contributed by atoms with van der Waals surface area (Å²) in [7, 11) is 3.76. The minimum atomic E-state index is -0.425. The van der Waals surface area contributed by atoms with Gasteiger partial charge in [0.15, 0.2) is 5.76 Å². The molecule has 1 fully saturated rings. The third-order valence-corrected chi connectivity index (χ3v) is 5.62. The van der Waals surface area contributed by atoms with Crippen LogP contribution in [0.25, 0.3) is 22.1 Å². The maximum Gasteiger partial charge on any atom is 0.289 e. The molecule has 1 atom stereocenters. The lowest BCUT2D eigenvalue weighted by Gasteiger charge is -2.33. The fraction of sp³-hybridized carbons (Fsp3) is 0.292. The van der Waals surface area contributed by atoms with Crippen molar-refractivity contribution < 1.29 is 13.9 Å². The predicted octanol–water partition coefficient (Wildman–Crippen LogP) is 3.27. The number of anilines is 1. The molecule has 5 rings (SSSR count). The van der Waals surface area contributed by atoms with Gasteiger partial charge in [0, 0.05) is 55.7 Å². The van der Waals surface area contributed by atoms with E-state index in [0.717, 1.165) is 22.1 Å². The van der Waals surface area contributed by atoms with Crippen LogP contribution < -0.4 is 4.90 Å². The van der Waals surface area contributed by atoms with E-state index in [0.29, 0.717) is 42.7 Å². The highest BCUT2D eigenvalue weighted by molar-refractivity contribution is 5.96. The Labute approximate surface area is 191 Å². The van der Waals surface area contributed by atoms with E-state index in [2.05, 4.69) is 15.0 Å². The van der Waals surface area contributed by atoms with Crippen LogP contribution in [0.5, 0.6) is 0 Å². The number of amides is 1. The minimum absolute atomic E-state index is 0.163. The third kappa shape index (κ3) is 4.14. The molecule has 0 spiro atoms. The quantitative estimate of drug-likeness (QED) is 0.473. The second kappa shape index (κ2) is 8.59. The molecule has 0 N–H and O–H groups in total. The molecule has 9 nitrogen and oxygen atoms in total. The molecule has 4 heterocycles. The summed E-state index contributed by atoms with van der Waals surface area (Å²) in [6, 6.07) is 7.67.